The fourth-order valence-corrected chi connectivity index (χ4v) is 2.58. The number of hydrogen-bond donors (Lipinski definition) is 2. The van der Waals surface area contributed by atoms with E-state index in [1.54, 1.807) is 20.9 Å². The van der Waals surface area contributed by atoms with Crippen LogP contribution in [0, 0.1) is 0 Å². The van der Waals surface area contributed by atoms with Gasteiger partial charge in [-0.3, -0.25) is 5.32 Å². The Hall–Kier alpha value is -1.92. The minimum absolute atomic E-state index is 0.253. The monoisotopic (exact) mass is 305 g/mol. The smallest absolute Gasteiger partial charge is 0.322 e. The lowest BCUT2D eigenvalue weighted by Crippen LogP contribution is -2.41. The predicted octanol–water partition coefficient (Wildman–Crippen LogP) is 3.04. The zero-order valence-corrected chi connectivity index (χ0v) is 13.1. The van der Waals surface area contributed by atoms with Gasteiger partial charge in [0.1, 0.15) is 5.00 Å². The van der Waals surface area contributed by atoms with Crippen LogP contribution in [0.15, 0.2) is 36.4 Å². The number of carbonyl (C=O) groups is 1. The van der Waals surface area contributed by atoms with Gasteiger partial charge < -0.3 is 10.0 Å². The highest BCUT2D eigenvalue weighted by Gasteiger charge is 2.19. The molecule has 0 bridgehead atoms. The Morgan fingerprint density at radius 2 is 2.05 bits per heavy atom. The quantitative estimate of drug-likeness (QED) is 0.912. The van der Waals surface area contributed by atoms with Crippen LogP contribution in [0.4, 0.5) is 9.80 Å². The van der Waals surface area contributed by atoms with Crippen LogP contribution in [0.25, 0.3) is 11.3 Å². The Bertz CT molecular complexity index is 605. The van der Waals surface area contributed by atoms with E-state index in [0.717, 1.165) is 11.3 Å². The molecule has 2 N–H and O–H groups in total. The molecule has 6 heteroatoms. The highest BCUT2D eigenvalue weighted by molar-refractivity contribution is 7.10. The minimum Gasteiger partial charge on any atom is -0.389 e. The summed E-state index contributed by atoms with van der Waals surface area (Å²) in [5.74, 6) is 0. The number of amides is 2. The van der Waals surface area contributed by atoms with Gasteiger partial charge in [-0.25, -0.2) is 4.79 Å². The van der Waals surface area contributed by atoms with Crippen LogP contribution in [-0.4, -0.2) is 39.6 Å². The maximum atomic E-state index is 12.0. The number of anilines is 1. The van der Waals surface area contributed by atoms with Gasteiger partial charge in [-0.15, -0.1) is 0 Å². The first-order valence-electron chi connectivity index (χ1n) is 6.62. The first-order valence-corrected chi connectivity index (χ1v) is 7.39. The average molecular weight is 305 g/mol. The van der Waals surface area contributed by atoms with Crippen LogP contribution in [0.5, 0.6) is 0 Å². The van der Waals surface area contributed by atoms with Crippen molar-refractivity contribution in [1.29, 1.82) is 0 Å². The van der Waals surface area contributed by atoms with Crippen LogP contribution < -0.4 is 5.32 Å². The van der Waals surface area contributed by atoms with Crippen molar-refractivity contribution in [1.82, 2.24) is 9.27 Å². The normalized spacial score (nSPS) is 11.2. The number of carbonyl (C=O) groups excluding carboxylic acids is 1. The highest BCUT2D eigenvalue weighted by Crippen LogP contribution is 2.25. The molecule has 2 rings (SSSR count). The summed E-state index contributed by atoms with van der Waals surface area (Å²) < 4.78 is 4.33. The zero-order chi connectivity index (χ0) is 15.5. The van der Waals surface area contributed by atoms with Gasteiger partial charge in [-0.1, -0.05) is 30.3 Å². The van der Waals surface area contributed by atoms with E-state index in [0.29, 0.717) is 5.00 Å². The van der Waals surface area contributed by atoms with Gasteiger partial charge >= 0.3 is 6.03 Å². The molecule has 0 aliphatic rings. The molecule has 112 valence electrons. The number of rotatable bonds is 4. The molecule has 0 aliphatic heterocycles. The van der Waals surface area contributed by atoms with E-state index in [-0.39, 0.29) is 12.6 Å². The molecule has 21 heavy (non-hydrogen) atoms. The number of urea groups is 1. The SMILES string of the molecule is CN(CC(C)(C)O)C(=O)Nc1cc(-c2ccccc2)ns1. The molecule has 1 aromatic carbocycles. The second kappa shape index (κ2) is 6.24. The van der Waals surface area contributed by atoms with E-state index in [1.807, 2.05) is 36.4 Å². The largest absolute Gasteiger partial charge is 0.389 e. The van der Waals surface area contributed by atoms with Crippen molar-refractivity contribution in [3.8, 4) is 11.3 Å². The van der Waals surface area contributed by atoms with Gasteiger partial charge in [-0.05, 0) is 25.4 Å². The molecular weight excluding hydrogens is 286 g/mol. The fraction of sp³-hybridized carbons (Fsp3) is 0.333. The number of nitrogens with one attached hydrogen (secondary N) is 1. The Kier molecular flexibility index (Phi) is 4.59. The summed E-state index contributed by atoms with van der Waals surface area (Å²) in [6.07, 6.45) is 0. The van der Waals surface area contributed by atoms with Crippen LogP contribution in [0.1, 0.15) is 13.8 Å². The summed E-state index contributed by atoms with van der Waals surface area (Å²) in [7, 11) is 1.65. The first-order chi connectivity index (χ1) is 9.85. The van der Waals surface area contributed by atoms with Crippen molar-refractivity contribution in [2.75, 3.05) is 18.9 Å². The summed E-state index contributed by atoms with van der Waals surface area (Å²) in [5.41, 5.74) is 0.926. The molecule has 0 atom stereocenters. The lowest BCUT2D eigenvalue weighted by Gasteiger charge is -2.25. The molecule has 1 heterocycles. The third-order valence-corrected chi connectivity index (χ3v) is 3.49. The molecule has 0 unspecified atom stereocenters. The number of likely N-dealkylation sites (N-methyl/N-ethyl adjacent to an activating group) is 1. The van der Waals surface area contributed by atoms with E-state index < -0.39 is 5.60 Å². The van der Waals surface area contributed by atoms with Crippen molar-refractivity contribution in [3.05, 3.63) is 36.4 Å². The Morgan fingerprint density at radius 1 is 1.38 bits per heavy atom. The number of aromatic nitrogens is 1. The molecule has 5 nitrogen and oxygen atoms in total. The molecule has 0 radical (unpaired) electrons. The second-order valence-electron chi connectivity index (χ2n) is 5.54. The van der Waals surface area contributed by atoms with Crippen LogP contribution in [-0.2, 0) is 0 Å². The van der Waals surface area contributed by atoms with Gasteiger partial charge in [0.25, 0.3) is 0 Å². The van der Waals surface area contributed by atoms with Gasteiger partial charge in [-0.2, -0.15) is 4.37 Å². The van der Waals surface area contributed by atoms with E-state index in [2.05, 4.69) is 9.69 Å². The van der Waals surface area contributed by atoms with Crippen molar-refractivity contribution in [2.45, 2.75) is 19.4 Å². The Balaban J connectivity index is 2.01. The molecule has 2 aromatic rings. The lowest BCUT2D eigenvalue weighted by atomic mass is 10.1. The number of nitrogens with zero attached hydrogens (tertiary/aromatic N) is 2. The molecule has 0 fully saturated rings. The van der Waals surface area contributed by atoms with Crippen molar-refractivity contribution >= 4 is 22.6 Å². The average Bonchev–Trinajstić information content (AvgIpc) is 2.86. The molecule has 0 aliphatic carbocycles. The second-order valence-corrected chi connectivity index (χ2v) is 6.35. The number of aliphatic hydroxyl groups is 1. The molecule has 2 amide bonds. The third-order valence-electron chi connectivity index (χ3n) is 2.78. The highest BCUT2D eigenvalue weighted by atomic mass is 32.1. The summed E-state index contributed by atoms with van der Waals surface area (Å²) in [6, 6.07) is 11.4. The van der Waals surface area contributed by atoms with E-state index in [1.165, 1.54) is 16.4 Å². The van der Waals surface area contributed by atoms with E-state index >= 15 is 0 Å². The fourth-order valence-electron chi connectivity index (χ4n) is 1.93. The topological polar surface area (TPSA) is 65.5 Å². The van der Waals surface area contributed by atoms with Crippen LogP contribution in [0.2, 0.25) is 0 Å². The lowest BCUT2D eigenvalue weighted by molar-refractivity contribution is 0.0551. The molecule has 0 saturated carbocycles. The number of hydrogen-bond acceptors (Lipinski definition) is 4. The molecule has 0 spiro atoms. The van der Waals surface area contributed by atoms with E-state index in [4.69, 9.17) is 0 Å². The maximum Gasteiger partial charge on any atom is 0.322 e. The molecular formula is C15H19N3O2S. The predicted molar refractivity (Wildman–Crippen MR) is 85.5 cm³/mol. The maximum absolute atomic E-state index is 12.0. The Labute approximate surface area is 128 Å². The number of benzene rings is 1. The zero-order valence-electron chi connectivity index (χ0n) is 12.3. The molecule has 1 aromatic heterocycles. The van der Waals surface area contributed by atoms with Crippen molar-refractivity contribution in [3.63, 3.8) is 0 Å². The first kappa shape index (κ1) is 15.5. The van der Waals surface area contributed by atoms with Crippen LogP contribution in [0.3, 0.4) is 0 Å². The van der Waals surface area contributed by atoms with Gasteiger partial charge in [0.05, 0.1) is 17.8 Å². The van der Waals surface area contributed by atoms with E-state index in [9.17, 15) is 9.90 Å². The van der Waals surface area contributed by atoms with Gasteiger partial charge in [0.15, 0.2) is 0 Å². The summed E-state index contributed by atoms with van der Waals surface area (Å²) in [6.45, 7) is 3.58. The van der Waals surface area contributed by atoms with Gasteiger partial charge in [0.2, 0.25) is 0 Å². The minimum atomic E-state index is -0.922. The third kappa shape index (κ3) is 4.54. The van der Waals surface area contributed by atoms with Gasteiger partial charge in [0, 0.05) is 18.7 Å². The van der Waals surface area contributed by atoms with Crippen LogP contribution >= 0.6 is 11.5 Å². The summed E-state index contributed by atoms with van der Waals surface area (Å²) in [4.78, 5) is 13.5. The Morgan fingerprint density at radius 3 is 2.67 bits per heavy atom. The standard InChI is InChI=1S/C15H19N3O2S/c1-15(2,20)10-18(3)14(19)16-13-9-12(17-21-13)11-7-5-4-6-8-11/h4-9,20H,10H2,1-3H3,(H,16,19). The van der Waals surface area contributed by atoms with Crippen molar-refractivity contribution in [2.24, 2.45) is 0 Å². The summed E-state index contributed by atoms with van der Waals surface area (Å²) in [5, 5.41) is 13.2. The summed E-state index contributed by atoms with van der Waals surface area (Å²) >= 11 is 1.24. The van der Waals surface area contributed by atoms with Crippen molar-refractivity contribution < 1.29 is 9.90 Å². The molecule has 0 saturated heterocycles.